The first-order chi connectivity index (χ1) is 14.0. The molecule has 2 rings (SSSR count). The SMILES string of the molecule is CCNC(=NCC1CCN(Cc2csc(C)n2)CC1)NCCC(OCC)C(C)C. The van der Waals surface area contributed by atoms with Gasteiger partial charge < -0.3 is 15.4 Å². The molecular weight excluding hydrogens is 382 g/mol. The zero-order valence-electron chi connectivity index (χ0n) is 19.0. The lowest BCUT2D eigenvalue weighted by Crippen LogP contribution is -2.40. The van der Waals surface area contributed by atoms with Crippen LogP contribution in [0.2, 0.25) is 0 Å². The first-order valence-electron chi connectivity index (χ1n) is 11.3. The molecule has 1 saturated heterocycles. The van der Waals surface area contributed by atoms with E-state index in [1.54, 1.807) is 11.3 Å². The van der Waals surface area contributed by atoms with E-state index in [-0.39, 0.29) is 0 Å². The molecule has 0 amide bonds. The van der Waals surface area contributed by atoms with Crippen LogP contribution in [0, 0.1) is 18.8 Å². The predicted octanol–water partition coefficient (Wildman–Crippen LogP) is 3.67. The lowest BCUT2D eigenvalue weighted by Gasteiger charge is -2.30. The molecule has 1 unspecified atom stereocenters. The first kappa shape index (κ1) is 24.1. The van der Waals surface area contributed by atoms with Gasteiger partial charge in [0.25, 0.3) is 0 Å². The second-order valence-electron chi connectivity index (χ2n) is 8.25. The summed E-state index contributed by atoms with van der Waals surface area (Å²) in [4.78, 5) is 12.0. The highest BCUT2D eigenvalue weighted by Crippen LogP contribution is 2.20. The molecule has 1 aliphatic rings. The van der Waals surface area contributed by atoms with Gasteiger partial charge in [0.05, 0.1) is 16.8 Å². The summed E-state index contributed by atoms with van der Waals surface area (Å²) in [6.07, 6.45) is 3.74. The second kappa shape index (κ2) is 13.2. The molecule has 1 aromatic heterocycles. The van der Waals surface area contributed by atoms with Crippen molar-refractivity contribution in [1.29, 1.82) is 0 Å². The van der Waals surface area contributed by atoms with Crippen LogP contribution in [0.15, 0.2) is 10.4 Å². The summed E-state index contributed by atoms with van der Waals surface area (Å²) in [5.74, 6) is 2.15. The van der Waals surface area contributed by atoms with E-state index in [0.29, 0.717) is 17.9 Å². The highest BCUT2D eigenvalue weighted by Gasteiger charge is 2.20. The zero-order chi connectivity index (χ0) is 21.1. The lowest BCUT2D eigenvalue weighted by molar-refractivity contribution is 0.0258. The van der Waals surface area contributed by atoms with Crippen molar-refractivity contribution in [3.05, 3.63) is 16.1 Å². The van der Waals surface area contributed by atoms with Crippen molar-refractivity contribution in [1.82, 2.24) is 20.5 Å². The van der Waals surface area contributed by atoms with Crippen molar-refractivity contribution >= 4 is 17.3 Å². The topological polar surface area (TPSA) is 61.8 Å². The molecular formula is C22H41N5OS. The van der Waals surface area contributed by atoms with Gasteiger partial charge >= 0.3 is 0 Å². The van der Waals surface area contributed by atoms with E-state index < -0.39 is 0 Å². The quantitative estimate of drug-likeness (QED) is 0.420. The van der Waals surface area contributed by atoms with Crippen LogP contribution in [-0.2, 0) is 11.3 Å². The molecule has 0 saturated carbocycles. The number of hydrogen-bond donors (Lipinski definition) is 2. The van der Waals surface area contributed by atoms with Crippen LogP contribution in [0.25, 0.3) is 0 Å². The van der Waals surface area contributed by atoms with Gasteiger partial charge in [-0.25, -0.2) is 4.98 Å². The van der Waals surface area contributed by atoms with Crippen LogP contribution >= 0.6 is 11.3 Å². The molecule has 29 heavy (non-hydrogen) atoms. The van der Waals surface area contributed by atoms with Crippen molar-refractivity contribution in [3.63, 3.8) is 0 Å². The van der Waals surface area contributed by atoms with Crippen molar-refractivity contribution in [2.45, 2.75) is 66.5 Å². The number of piperidine rings is 1. The normalized spacial score (nSPS) is 17.7. The average molecular weight is 424 g/mol. The average Bonchev–Trinajstić information content (AvgIpc) is 3.11. The monoisotopic (exact) mass is 423 g/mol. The Morgan fingerprint density at radius 1 is 1.31 bits per heavy atom. The van der Waals surface area contributed by atoms with Gasteiger partial charge in [0.15, 0.2) is 5.96 Å². The number of rotatable bonds is 11. The Morgan fingerprint density at radius 2 is 2.07 bits per heavy atom. The van der Waals surface area contributed by atoms with E-state index >= 15 is 0 Å². The fourth-order valence-electron chi connectivity index (χ4n) is 3.76. The van der Waals surface area contributed by atoms with E-state index in [0.717, 1.165) is 63.3 Å². The molecule has 1 aliphatic heterocycles. The van der Waals surface area contributed by atoms with Gasteiger partial charge in [-0.1, -0.05) is 13.8 Å². The Morgan fingerprint density at radius 3 is 2.66 bits per heavy atom. The van der Waals surface area contributed by atoms with Crippen molar-refractivity contribution in [2.24, 2.45) is 16.8 Å². The fourth-order valence-corrected chi connectivity index (χ4v) is 4.36. The minimum atomic E-state index is 0.307. The molecule has 0 bridgehead atoms. The van der Waals surface area contributed by atoms with Crippen LogP contribution in [-0.4, -0.2) is 61.3 Å². The highest BCUT2D eigenvalue weighted by atomic mass is 32.1. The Labute approximate surface area is 181 Å². The first-order valence-corrected chi connectivity index (χ1v) is 12.2. The number of aryl methyl sites for hydroxylation is 1. The minimum absolute atomic E-state index is 0.307. The third-order valence-electron chi connectivity index (χ3n) is 5.46. The number of aliphatic imine (C=N–C) groups is 1. The molecule has 7 heteroatoms. The Hall–Kier alpha value is -1.18. The lowest BCUT2D eigenvalue weighted by atomic mass is 9.97. The summed E-state index contributed by atoms with van der Waals surface area (Å²) in [7, 11) is 0. The summed E-state index contributed by atoms with van der Waals surface area (Å²) in [5, 5.41) is 10.2. The Bertz CT molecular complexity index is 596. The van der Waals surface area contributed by atoms with Gasteiger partial charge in [0.2, 0.25) is 0 Å². The minimum Gasteiger partial charge on any atom is -0.378 e. The molecule has 0 spiro atoms. The third kappa shape index (κ3) is 9.01. The zero-order valence-corrected chi connectivity index (χ0v) is 19.9. The van der Waals surface area contributed by atoms with E-state index in [9.17, 15) is 0 Å². The number of nitrogens with one attached hydrogen (secondary N) is 2. The highest BCUT2D eigenvalue weighted by molar-refractivity contribution is 7.09. The van der Waals surface area contributed by atoms with Gasteiger partial charge in [-0.05, 0) is 65.0 Å². The molecule has 0 aromatic carbocycles. The maximum atomic E-state index is 5.85. The maximum absolute atomic E-state index is 5.85. The van der Waals surface area contributed by atoms with Crippen LogP contribution < -0.4 is 10.6 Å². The molecule has 0 aliphatic carbocycles. The van der Waals surface area contributed by atoms with Gasteiger partial charge in [-0.3, -0.25) is 9.89 Å². The number of nitrogens with zero attached hydrogens (tertiary/aromatic N) is 3. The van der Waals surface area contributed by atoms with Crippen LogP contribution in [0.4, 0.5) is 0 Å². The standard InChI is InChI=1S/C22H41N5OS/c1-6-23-22(24-11-8-21(17(3)4)28-7-2)25-14-19-9-12-27(13-10-19)15-20-16-29-18(5)26-20/h16-17,19,21H,6-15H2,1-5H3,(H2,23,24,25). The molecule has 6 nitrogen and oxygen atoms in total. The van der Waals surface area contributed by atoms with Gasteiger partial charge in [-0.2, -0.15) is 0 Å². The smallest absolute Gasteiger partial charge is 0.191 e. The molecule has 2 N–H and O–H groups in total. The van der Waals surface area contributed by atoms with E-state index in [2.05, 4.69) is 60.5 Å². The van der Waals surface area contributed by atoms with E-state index in [1.165, 1.54) is 18.5 Å². The number of hydrogen-bond acceptors (Lipinski definition) is 5. The largest absolute Gasteiger partial charge is 0.378 e. The summed E-state index contributed by atoms with van der Waals surface area (Å²) in [6.45, 7) is 17.4. The van der Waals surface area contributed by atoms with Gasteiger partial charge in [-0.15, -0.1) is 11.3 Å². The molecule has 2 heterocycles. The maximum Gasteiger partial charge on any atom is 0.191 e. The fraction of sp³-hybridized carbons (Fsp3) is 0.818. The molecule has 1 aromatic rings. The predicted molar refractivity (Wildman–Crippen MR) is 124 cm³/mol. The number of guanidine groups is 1. The van der Waals surface area contributed by atoms with Crippen molar-refractivity contribution < 1.29 is 4.74 Å². The number of aromatic nitrogens is 1. The van der Waals surface area contributed by atoms with Crippen LogP contribution in [0.1, 0.15) is 57.7 Å². The summed E-state index contributed by atoms with van der Waals surface area (Å²) in [6, 6.07) is 0. The second-order valence-corrected chi connectivity index (χ2v) is 9.31. The van der Waals surface area contributed by atoms with Crippen molar-refractivity contribution in [2.75, 3.05) is 39.3 Å². The molecule has 1 fully saturated rings. The molecule has 0 radical (unpaired) electrons. The van der Waals surface area contributed by atoms with Crippen molar-refractivity contribution in [3.8, 4) is 0 Å². The van der Waals surface area contributed by atoms with E-state index in [1.807, 2.05) is 0 Å². The van der Waals surface area contributed by atoms with E-state index in [4.69, 9.17) is 9.73 Å². The van der Waals surface area contributed by atoms with Crippen LogP contribution in [0.3, 0.4) is 0 Å². The third-order valence-corrected chi connectivity index (χ3v) is 6.28. The number of thiazole rings is 1. The summed E-state index contributed by atoms with van der Waals surface area (Å²) < 4.78 is 5.85. The Kier molecular flexibility index (Phi) is 11.0. The van der Waals surface area contributed by atoms with Crippen LogP contribution in [0.5, 0.6) is 0 Å². The summed E-state index contributed by atoms with van der Waals surface area (Å²) >= 11 is 1.74. The number of likely N-dealkylation sites (tertiary alicyclic amines) is 1. The van der Waals surface area contributed by atoms with Gasteiger partial charge in [0.1, 0.15) is 0 Å². The number of ether oxygens (including phenoxy) is 1. The van der Waals surface area contributed by atoms with Gasteiger partial charge in [0, 0.05) is 38.2 Å². The summed E-state index contributed by atoms with van der Waals surface area (Å²) in [5.41, 5.74) is 1.22. The Balaban J connectivity index is 1.72. The molecule has 166 valence electrons. The molecule has 1 atom stereocenters.